The molecule has 0 saturated carbocycles. The fourth-order valence-corrected chi connectivity index (χ4v) is 3.45. The van der Waals surface area contributed by atoms with E-state index in [9.17, 15) is 0 Å². The van der Waals surface area contributed by atoms with Crippen molar-refractivity contribution in [1.82, 2.24) is 0 Å². The van der Waals surface area contributed by atoms with Crippen LogP contribution < -0.4 is 14.5 Å². The van der Waals surface area contributed by atoms with E-state index < -0.39 is 0 Å². The normalized spacial score (nSPS) is 16.1. The van der Waals surface area contributed by atoms with E-state index >= 15 is 0 Å². The van der Waals surface area contributed by atoms with Gasteiger partial charge in [0.15, 0.2) is 0 Å². The van der Waals surface area contributed by atoms with Crippen molar-refractivity contribution >= 4 is 17.5 Å². The number of nitrogens with zero attached hydrogens (tertiary/aromatic N) is 2. The van der Waals surface area contributed by atoms with Gasteiger partial charge in [-0.05, 0) is 53.6 Å². The van der Waals surface area contributed by atoms with Gasteiger partial charge in [-0.25, -0.2) is 0 Å². The molecule has 1 heterocycles. The summed E-state index contributed by atoms with van der Waals surface area (Å²) in [6.07, 6.45) is 5.03. The Morgan fingerprint density at radius 2 is 1.41 bits per heavy atom. The van der Waals surface area contributed by atoms with Crippen molar-refractivity contribution in [1.29, 1.82) is 0 Å². The van der Waals surface area contributed by atoms with E-state index in [4.69, 9.17) is 14.6 Å². The largest absolute Gasteiger partial charge is 0.497 e. The summed E-state index contributed by atoms with van der Waals surface area (Å²) in [6, 6.07) is 26.7. The Morgan fingerprint density at radius 3 is 2.03 bits per heavy atom. The van der Waals surface area contributed by atoms with Crippen LogP contribution in [0.4, 0.5) is 5.69 Å². The first-order chi connectivity index (χ1) is 14.3. The van der Waals surface area contributed by atoms with Crippen LogP contribution in [0.3, 0.4) is 0 Å². The third-order valence-corrected chi connectivity index (χ3v) is 5.04. The highest BCUT2D eigenvalue weighted by Gasteiger charge is 2.28. The number of hydrogen-bond acceptors (Lipinski definition) is 4. The first kappa shape index (κ1) is 18.8. The highest BCUT2D eigenvalue weighted by atomic mass is 16.5. The Morgan fingerprint density at radius 1 is 0.793 bits per heavy atom. The monoisotopic (exact) mass is 384 g/mol. The van der Waals surface area contributed by atoms with Gasteiger partial charge in [-0.2, -0.15) is 5.10 Å². The fraction of sp³-hybridized carbons (Fsp3) is 0.160. The van der Waals surface area contributed by atoms with Gasteiger partial charge < -0.3 is 9.47 Å². The summed E-state index contributed by atoms with van der Waals surface area (Å²) in [5.41, 5.74) is 4.46. The van der Waals surface area contributed by atoms with Crippen LogP contribution in [0.2, 0.25) is 0 Å². The zero-order valence-corrected chi connectivity index (χ0v) is 16.7. The summed E-state index contributed by atoms with van der Waals surface area (Å²) in [4.78, 5) is 0. The second kappa shape index (κ2) is 8.65. The van der Waals surface area contributed by atoms with Gasteiger partial charge in [0.25, 0.3) is 0 Å². The number of anilines is 1. The number of rotatable bonds is 6. The Kier molecular flexibility index (Phi) is 5.61. The highest BCUT2D eigenvalue weighted by Crippen LogP contribution is 2.36. The Labute approximate surface area is 171 Å². The van der Waals surface area contributed by atoms with Gasteiger partial charge in [0.05, 0.1) is 31.7 Å². The van der Waals surface area contributed by atoms with E-state index in [0.717, 1.165) is 34.9 Å². The van der Waals surface area contributed by atoms with Gasteiger partial charge in [-0.3, -0.25) is 5.01 Å². The molecule has 0 saturated heterocycles. The van der Waals surface area contributed by atoms with Crippen LogP contribution in [0.1, 0.15) is 23.6 Å². The Hall–Kier alpha value is -3.53. The van der Waals surface area contributed by atoms with Crippen LogP contribution in [0.15, 0.2) is 90.0 Å². The number of allylic oxidation sites excluding steroid dienone is 1. The van der Waals surface area contributed by atoms with E-state index in [2.05, 4.69) is 41.4 Å². The predicted octanol–water partition coefficient (Wildman–Crippen LogP) is 5.72. The lowest BCUT2D eigenvalue weighted by atomic mass is 10.0. The number of hydrazone groups is 1. The lowest BCUT2D eigenvalue weighted by Gasteiger charge is -2.24. The zero-order valence-electron chi connectivity index (χ0n) is 16.7. The summed E-state index contributed by atoms with van der Waals surface area (Å²) in [5.74, 6) is 1.72. The summed E-state index contributed by atoms with van der Waals surface area (Å²) in [6.45, 7) is 0. The second-order valence-electron chi connectivity index (χ2n) is 6.87. The van der Waals surface area contributed by atoms with E-state index in [-0.39, 0.29) is 6.04 Å². The highest BCUT2D eigenvalue weighted by molar-refractivity contribution is 6.01. The number of methoxy groups -OCH3 is 2. The number of ether oxygens (including phenoxy) is 2. The van der Waals surface area contributed by atoms with Crippen LogP contribution >= 0.6 is 0 Å². The predicted molar refractivity (Wildman–Crippen MR) is 119 cm³/mol. The maximum absolute atomic E-state index is 5.31. The average molecular weight is 384 g/mol. The minimum absolute atomic E-state index is 0.152. The molecular weight excluding hydrogens is 360 g/mol. The number of para-hydroxylation sites is 1. The molecule has 4 heteroatoms. The molecule has 1 atom stereocenters. The molecule has 0 aliphatic carbocycles. The first-order valence-corrected chi connectivity index (χ1v) is 9.64. The van der Waals surface area contributed by atoms with Gasteiger partial charge in [0, 0.05) is 6.42 Å². The van der Waals surface area contributed by atoms with Gasteiger partial charge >= 0.3 is 0 Å². The Balaban J connectivity index is 1.60. The molecule has 0 spiro atoms. The van der Waals surface area contributed by atoms with Gasteiger partial charge in [-0.15, -0.1) is 0 Å². The lowest BCUT2D eigenvalue weighted by molar-refractivity contribution is 0.414. The molecule has 0 N–H and O–H groups in total. The molecule has 1 aliphatic rings. The average Bonchev–Trinajstić information content (AvgIpc) is 3.23. The summed E-state index contributed by atoms with van der Waals surface area (Å²) in [7, 11) is 3.36. The van der Waals surface area contributed by atoms with Crippen LogP contribution in [0, 0.1) is 0 Å². The van der Waals surface area contributed by atoms with Gasteiger partial charge in [0.2, 0.25) is 0 Å². The van der Waals surface area contributed by atoms with Crippen molar-refractivity contribution in [2.24, 2.45) is 5.10 Å². The van der Waals surface area contributed by atoms with Crippen molar-refractivity contribution in [3.8, 4) is 11.5 Å². The smallest absolute Gasteiger partial charge is 0.118 e. The van der Waals surface area contributed by atoms with Crippen LogP contribution in [-0.2, 0) is 0 Å². The third kappa shape index (κ3) is 4.32. The molecule has 4 rings (SSSR count). The minimum Gasteiger partial charge on any atom is -0.497 e. The molecule has 29 heavy (non-hydrogen) atoms. The van der Waals surface area contributed by atoms with Crippen molar-refractivity contribution in [3.05, 3.63) is 96.1 Å². The summed E-state index contributed by atoms with van der Waals surface area (Å²) < 4.78 is 10.5. The van der Waals surface area contributed by atoms with E-state index in [1.165, 1.54) is 5.56 Å². The molecule has 0 radical (unpaired) electrons. The van der Waals surface area contributed by atoms with Crippen LogP contribution in [-0.4, -0.2) is 19.9 Å². The Bertz CT molecular complexity index is 993. The molecule has 0 bridgehead atoms. The van der Waals surface area contributed by atoms with Gasteiger partial charge in [0.1, 0.15) is 11.5 Å². The first-order valence-electron chi connectivity index (χ1n) is 9.64. The lowest BCUT2D eigenvalue weighted by Crippen LogP contribution is -2.18. The molecule has 3 aromatic carbocycles. The van der Waals surface area contributed by atoms with Crippen molar-refractivity contribution in [2.75, 3.05) is 19.2 Å². The van der Waals surface area contributed by atoms with Crippen molar-refractivity contribution in [3.63, 3.8) is 0 Å². The minimum atomic E-state index is 0.152. The molecule has 1 aliphatic heterocycles. The van der Waals surface area contributed by atoms with Gasteiger partial charge in [-0.1, -0.05) is 48.5 Å². The van der Waals surface area contributed by atoms with E-state index in [0.29, 0.717) is 0 Å². The topological polar surface area (TPSA) is 34.1 Å². The van der Waals surface area contributed by atoms with Crippen LogP contribution in [0.5, 0.6) is 11.5 Å². The number of hydrogen-bond donors (Lipinski definition) is 0. The quantitative estimate of drug-likeness (QED) is 0.545. The number of benzene rings is 3. The summed E-state index contributed by atoms with van der Waals surface area (Å²) >= 11 is 0. The maximum Gasteiger partial charge on any atom is 0.118 e. The van der Waals surface area contributed by atoms with Crippen molar-refractivity contribution < 1.29 is 9.47 Å². The summed E-state index contributed by atoms with van der Waals surface area (Å²) in [5, 5.41) is 7.02. The molecule has 146 valence electrons. The molecular formula is C25H24N2O2. The van der Waals surface area contributed by atoms with Crippen LogP contribution in [0.25, 0.3) is 6.08 Å². The fourth-order valence-electron chi connectivity index (χ4n) is 3.45. The standard InChI is InChI=1S/C25H24N2O2/c1-28-23-14-9-19(10-15-23)8-13-21-18-25(20-11-16-24(29-2)17-12-20)27(26-21)22-6-4-3-5-7-22/h3-17,25H,18H2,1-2H3/b13-8+/t25-/m0/s1. The molecule has 0 unspecified atom stereocenters. The maximum atomic E-state index is 5.31. The molecule has 0 aromatic heterocycles. The SMILES string of the molecule is COc1ccc(/C=C/C2=NN(c3ccccc3)[C@H](c3ccc(OC)cc3)C2)cc1. The zero-order chi connectivity index (χ0) is 20.1. The molecule has 0 amide bonds. The molecule has 4 nitrogen and oxygen atoms in total. The molecule has 0 fully saturated rings. The third-order valence-electron chi connectivity index (χ3n) is 5.04. The second-order valence-corrected chi connectivity index (χ2v) is 6.87. The van der Waals surface area contributed by atoms with E-state index in [1.807, 2.05) is 54.6 Å². The van der Waals surface area contributed by atoms with E-state index in [1.54, 1.807) is 14.2 Å². The molecule has 3 aromatic rings. The van der Waals surface area contributed by atoms with Crippen molar-refractivity contribution in [2.45, 2.75) is 12.5 Å².